The Morgan fingerprint density at radius 1 is 0.360 bits per heavy atom. The van der Waals surface area contributed by atoms with Gasteiger partial charge in [0.2, 0.25) is 0 Å². The standard InChI is InChI=1S/C47H30N2O/c1-2-8-31(9-3-1)32-14-20-36(21-15-32)49(38-24-27-40-35(28-38)19-26-41-39-11-5-4-10-33(39)18-25-42(40)41)37-22-16-34(17-23-37)45-29-44-43-12-6-7-13-46(43)50-47(44)30-48-45/h1-30H. The second-order valence-electron chi connectivity index (χ2n) is 12.8. The van der Waals surface area contributed by atoms with Crippen molar-refractivity contribution in [2.24, 2.45) is 0 Å². The van der Waals surface area contributed by atoms with Crippen molar-refractivity contribution in [3.8, 4) is 22.4 Å². The summed E-state index contributed by atoms with van der Waals surface area (Å²) in [6.07, 6.45) is 1.83. The van der Waals surface area contributed by atoms with E-state index in [1.165, 1.54) is 43.4 Å². The van der Waals surface area contributed by atoms with Crippen LogP contribution in [0.15, 0.2) is 187 Å². The number of rotatable bonds is 5. The lowest BCUT2D eigenvalue weighted by atomic mass is 9.96. The lowest BCUT2D eigenvalue weighted by Gasteiger charge is -2.26. The summed E-state index contributed by atoms with van der Waals surface area (Å²) in [5.41, 5.74) is 9.30. The van der Waals surface area contributed by atoms with Gasteiger partial charge in [-0.05, 0) is 92.0 Å². The zero-order valence-electron chi connectivity index (χ0n) is 27.1. The highest BCUT2D eigenvalue weighted by molar-refractivity contribution is 6.17. The van der Waals surface area contributed by atoms with Gasteiger partial charge in [-0.15, -0.1) is 0 Å². The van der Waals surface area contributed by atoms with Crippen molar-refractivity contribution in [2.75, 3.05) is 4.90 Å². The van der Waals surface area contributed by atoms with Crippen LogP contribution in [0.3, 0.4) is 0 Å². The van der Waals surface area contributed by atoms with Crippen LogP contribution < -0.4 is 4.90 Å². The fourth-order valence-corrected chi connectivity index (χ4v) is 7.41. The monoisotopic (exact) mass is 638 g/mol. The Balaban J connectivity index is 1.08. The molecule has 10 rings (SSSR count). The van der Waals surface area contributed by atoms with Crippen molar-refractivity contribution in [1.29, 1.82) is 0 Å². The molecule has 0 saturated carbocycles. The molecule has 0 N–H and O–H groups in total. The molecule has 50 heavy (non-hydrogen) atoms. The Bertz CT molecular complexity index is 2850. The average Bonchev–Trinajstić information content (AvgIpc) is 3.56. The van der Waals surface area contributed by atoms with E-state index in [4.69, 9.17) is 9.40 Å². The Labute approximate surface area is 289 Å². The molecule has 0 unspecified atom stereocenters. The van der Waals surface area contributed by atoms with Crippen molar-refractivity contribution < 1.29 is 4.42 Å². The van der Waals surface area contributed by atoms with Gasteiger partial charge in [-0.3, -0.25) is 4.98 Å². The number of para-hydroxylation sites is 1. The van der Waals surface area contributed by atoms with Gasteiger partial charge in [0.25, 0.3) is 0 Å². The first kappa shape index (κ1) is 28.3. The maximum absolute atomic E-state index is 6.03. The van der Waals surface area contributed by atoms with Crippen LogP contribution in [0.4, 0.5) is 17.1 Å². The van der Waals surface area contributed by atoms with E-state index < -0.39 is 0 Å². The minimum atomic E-state index is 0.800. The number of furan rings is 1. The molecule has 0 saturated heterocycles. The van der Waals surface area contributed by atoms with E-state index in [1.807, 2.05) is 24.4 Å². The third-order valence-electron chi connectivity index (χ3n) is 9.90. The van der Waals surface area contributed by atoms with E-state index in [0.29, 0.717) is 0 Å². The molecule has 0 aliphatic heterocycles. The molecule has 8 aromatic carbocycles. The van der Waals surface area contributed by atoms with Crippen LogP contribution in [0, 0.1) is 0 Å². The van der Waals surface area contributed by atoms with E-state index in [2.05, 4.69) is 163 Å². The van der Waals surface area contributed by atoms with E-state index in [0.717, 1.165) is 50.3 Å². The molecule has 0 amide bonds. The first-order valence-electron chi connectivity index (χ1n) is 16.9. The fraction of sp³-hybridized carbons (Fsp3) is 0. The third-order valence-corrected chi connectivity index (χ3v) is 9.90. The summed E-state index contributed by atoms with van der Waals surface area (Å²) in [5, 5.41) is 9.73. The lowest BCUT2D eigenvalue weighted by Crippen LogP contribution is -2.09. The van der Waals surface area contributed by atoms with Gasteiger partial charge in [-0.2, -0.15) is 0 Å². The van der Waals surface area contributed by atoms with Crippen molar-refractivity contribution in [1.82, 2.24) is 4.98 Å². The van der Waals surface area contributed by atoms with Crippen LogP contribution in [-0.4, -0.2) is 4.98 Å². The number of benzene rings is 8. The Morgan fingerprint density at radius 3 is 1.72 bits per heavy atom. The average molecular weight is 639 g/mol. The summed E-state index contributed by atoms with van der Waals surface area (Å²) in [6.45, 7) is 0. The maximum Gasteiger partial charge on any atom is 0.153 e. The topological polar surface area (TPSA) is 29.3 Å². The molecule has 0 fully saturated rings. The van der Waals surface area contributed by atoms with Gasteiger partial charge < -0.3 is 9.32 Å². The van der Waals surface area contributed by atoms with E-state index >= 15 is 0 Å². The lowest BCUT2D eigenvalue weighted by molar-refractivity contribution is 0.667. The van der Waals surface area contributed by atoms with E-state index in [-0.39, 0.29) is 0 Å². The molecule has 0 bridgehead atoms. The van der Waals surface area contributed by atoms with Gasteiger partial charge in [0.15, 0.2) is 5.58 Å². The molecule has 3 heteroatoms. The molecule has 2 aromatic heterocycles. The normalized spacial score (nSPS) is 11.6. The van der Waals surface area contributed by atoms with Gasteiger partial charge in [0.1, 0.15) is 5.58 Å². The SMILES string of the molecule is c1ccc(-c2ccc(N(c3ccc(-c4cc5c(cn4)oc4ccccc45)cc3)c3ccc4c(ccc5c6ccccc6ccc45)c3)cc2)cc1. The zero-order valence-corrected chi connectivity index (χ0v) is 27.1. The second kappa shape index (κ2) is 11.5. The Kier molecular flexibility index (Phi) is 6.49. The predicted octanol–water partition coefficient (Wildman–Crippen LogP) is 13.2. The van der Waals surface area contributed by atoms with Crippen molar-refractivity contribution >= 4 is 71.3 Å². The number of anilines is 3. The summed E-state index contributed by atoms with van der Waals surface area (Å²) in [7, 11) is 0. The minimum absolute atomic E-state index is 0.800. The maximum atomic E-state index is 6.03. The highest BCUT2D eigenvalue weighted by atomic mass is 16.3. The van der Waals surface area contributed by atoms with Crippen molar-refractivity contribution in [2.45, 2.75) is 0 Å². The highest BCUT2D eigenvalue weighted by Gasteiger charge is 2.16. The van der Waals surface area contributed by atoms with Gasteiger partial charge in [-0.25, -0.2) is 0 Å². The number of nitrogens with zero attached hydrogens (tertiary/aromatic N) is 2. The smallest absolute Gasteiger partial charge is 0.153 e. The number of hydrogen-bond acceptors (Lipinski definition) is 3. The first-order chi connectivity index (χ1) is 24.8. The van der Waals surface area contributed by atoms with Crippen molar-refractivity contribution in [3.63, 3.8) is 0 Å². The summed E-state index contributed by atoms with van der Waals surface area (Å²) < 4.78 is 6.03. The van der Waals surface area contributed by atoms with Crippen LogP contribution in [0.5, 0.6) is 0 Å². The molecule has 234 valence electrons. The zero-order chi connectivity index (χ0) is 33.0. The second-order valence-corrected chi connectivity index (χ2v) is 12.8. The minimum Gasteiger partial charge on any atom is -0.454 e. The quantitative estimate of drug-likeness (QED) is 0.176. The van der Waals surface area contributed by atoms with E-state index in [9.17, 15) is 0 Å². The fourth-order valence-electron chi connectivity index (χ4n) is 7.41. The molecule has 0 aliphatic carbocycles. The van der Waals surface area contributed by atoms with Crippen LogP contribution >= 0.6 is 0 Å². The first-order valence-corrected chi connectivity index (χ1v) is 16.9. The van der Waals surface area contributed by atoms with Crippen LogP contribution in [0.25, 0.3) is 76.6 Å². The Morgan fingerprint density at radius 2 is 0.940 bits per heavy atom. The molecule has 10 aromatic rings. The van der Waals surface area contributed by atoms with E-state index in [1.54, 1.807) is 0 Å². The van der Waals surface area contributed by atoms with Crippen molar-refractivity contribution in [3.05, 3.63) is 182 Å². The number of aromatic nitrogens is 1. The predicted molar refractivity (Wildman–Crippen MR) is 210 cm³/mol. The molecule has 3 nitrogen and oxygen atoms in total. The molecule has 0 atom stereocenters. The Hall–Kier alpha value is -6.71. The van der Waals surface area contributed by atoms with Gasteiger partial charge >= 0.3 is 0 Å². The number of hydrogen-bond donors (Lipinski definition) is 0. The van der Waals surface area contributed by atoms with Crippen LogP contribution in [0.2, 0.25) is 0 Å². The van der Waals surface area contributed by atoms with Gasteiger partial charge in [-0.1, -0.05) is 127 Å². The molecule has 0 spiro atoms. The molecule has 0 aliphatic rings. The summed E-state index contributed by atoms with van der Waals surface area (Å²) in [5.74, 6) is 0. The molecule has 2 heterocycles. The number of pyridine rings is 1. The summed E-state index contributed by atoms with van der Waals surface area (Å²) in [6, 6.07) is 62.8. The third kappa shape index (κ3) is 4.71. The van der Waals surface area contributed by atoms with Gasteiger partial charge in [0.05, 0.1) is 11.9 Å². The molecule has 0 radical (unpaired) electrons. The summed E-state index contributed by atoms with van der Waals surface area (Å²) >= 11 is 0. The largest absolute Gasteiger partial charge is 0.454 e. The molecular formula is C47H30N2O. The van der Waals surface area contributed by atoms with Crippen LogP contribution in [-0.2, 0) is 0 Å². The highest BCUT2D eigenvalue weighted by Crippen LogP contribution is 2.40. The molecular weight excluding hydrogens is 609 g/mol. The van der Waals surface area contributed by atoms with Gasteiger partial charge in [0, 0.05) is 33.4 Å². The number of fused-ring (bicyclic) bond motifs is 8. The van der Waals surface area contributed by atoms with Crippen LogP contribution in [0.1, 0.15) is 0 Å². The summed E-state index contributed by atoms with van der Waals surface area (Å²) in [4.78, 5) is 7.11.